The molecule has 0 aliphatic carbocycles. The summed E-state index contributed by atoms with van der Waals surface area (Å²) in [6.45, 7) is 1.91. The summed E-state index contributed by atoms with van der Waals surface area (Å²) in [5.41, 5.74) is 13.9. The van der Waals surface area contributed by atoms with Crippen molar-refractivity contribution in [2.45, 2.75) is 38.4 Å². The summed E-state index contributed by atoms with van der Waals surface area (Å²) in [6.07, 6.45) is 1.03. The van der Waals surface area contributed by atoms with Gasteiger partial charge in [0.05, 0.1) is 13.2 Å². The molecule has 7 N–H and O–H groups in total. The first kappa shape index (κ1) is 22.9. The van der Waals surface area contributed by atoms with E-state index >= 15 is 0 Å². The van der Waals surface area contributed by atoms with Crippen LogP contribution in [0.5, 0.6) is 5.75 Å². The van der Waals surface area contributed by atoms with Crippen molar-refractivity contribution in [3.8, 4) is 5.75 Å². The molecule has 0 unspecified atom stereocenters. The Hall–Kier alpha value is -3.39. The number of hydrogen-bond acceptors (Lipinski definition) is 5. The molecule has 2 aromatic rings. The smallest absolute Gasteiger partial charge is 0.242 e. The number of para-hydroxylation sites is 1. The van der Waals surface area contributed by atoms with E-state index < -0.39 is 12.1 Å². The molecule has 0 saturated carbocycles. The average Bonchev–Trinajstić information content (AvgIpc) is 2.75. The Balaban J connectivity index is 1.79. The first-order valence-electron chi connectivity index (χ1n) is 9.70. The van der Waals surface area contributed by atoms with E-state index in [1.54, 1.807) is 38.3 Å². The fraction of sp³-hybridized carbons (Fsp3) is 0.318. The van der Waals surface area contributed by atoms with E-state index in [2.05, 4.69) is 10.6 Å². The number of carbonyl (C=O) groups excluding carboxylic acids is 2. The summed E-state index contributed by atoms with van der Waals surface area (Å²) in [7, 11) is 1.60. The predicted octanol–water partition coefficient (Wildman–Crippen LogP) is 1.06. The lowest BCUT2D eigenvalue weighted by molar-refractivity contribution is -0.129. The average molecular weight is 412 g/mol. The van der Waals surface area contributed by atoms with E-state index in [1.807, 2.05) is 24.3 Å². The van der Waals surface area contributed by atoms with E-state index in [1.165, 1.54) is 0 Å². The van der Waals surface area contributed by atoms with Crippen LogP contribution in [-0.2, 0) is 22.6 Å². The largest absolute Gasteiger partial charge is 0.496 e. The Morgan fingerprint density at radius 3 is 2.40 bits per heavy atom. The molecule has 2 aromatic carbocycles. The molecule has 2 atom stereocenters. The van der Waals surface area contributed by atoms with Gasteiger partial charge in [-0.1, -0.05) is 42.5 Å². The molecule has 30 heavy (non-hydrogen) atoms. The van der Waals surface area contributed by atoms with Crippen LogP contribution in [0.2, 0.25) is 0 Å². The second kappa shape index (κ2) is 11.0. The number of amides is 2. The molecule has 0 aromatic heterocycles. The number of methoxy groups -OCH3 is 1. The molecule has 0 spiro atoms. The van der Waals surface area contributed by atoms with Gasteiger partial charge in [0.2, 0.25) is 11.8 Å². The van der Waals surface area contributed by atoms with Gasteiger partial charge >= 0.3 is 0 Å². The lowest BCUT2D eigenvalue weighted by Gasteiger charge is -2.18. The Bertz CT molecular complexity index is 883. The predicted molar refractivity (Wildman–Crippen MR) is 116 cm³/mol. The molecule has 2 rings (SSSR count). The van der Waals surface area contributed by atoms with Crippen LogP contribution in [0.25, 0.3) is 0 Å². The maximum Gasteiger partial charge on any atom is 0.242 e. The topological polar surface area (TPSA) is 143 Å². The Morgan fingerprint density at radius 2 is 1.77 bits per heavy atom. The molecule has 8 heteroatoms. The summed E-state index contributed by atoms with van der Waals surface area (Å²) in [5, 5.41) is 12.8. The zero-order valence-corrected chi connectivity index (χ0v) is 17.3. The monoisotopic (exact) mass is 411 g/mol. The molecule has 2 amide bonds. The quantitative estimate of drug-likeness (QED) is 0.293. The second-order valence-electron chi connectivity index (χ2n) is 7.02. The number of nitrogens with one attached hydrogen (secondary N) is 3. The maximum absolute atomic E-state index is 12.3. The third kappa shape index (κ3) is 6.59. The third-order valence-corrected chi connectivity index (χ3v) is 4.74. The standard InChI is InChI=1S/C22H29N5O3/c1-14(21(28)26-13-15-7-9-17(10-8-15)20(24)25)27-22(29)18(23)12-11-16-5-3-4-6-19(16)30-2/h3-10,14,18H,11-13,23H2,1-2H3,(H3,24,25)(H,26,28)(H,27,29)/t14-,18+/m0/s1. The van der Waals surface area contributed by atoms with Crippen molar-refractivity contribution in [1.29, 1.82) is 5.41 Å². The van der Waals surface area contributed by atoms with Crippen molar-refractivity contribution in [2.24, 2.45) is 11.5 Å². The van der Waals surface area contributed by atoms with Crippen LogP contribution in [0.1, 0.15) is 30.0 Å². The third-order valence-electron chi connectivity index (χ3n) is 4.74. The maximum atomic E-state index is 12.3. The van der Waals surface area contributed by atoms with Crippen LogP contribution in [-0.4, -0.2) is 36.8 Å². The molecule has 0 heterocycles. The van der Waals surface area contributed by atoms with Crippen LogP contribution in [0.15, 0.2) is 48.5 Å². The van der Waals surface area contributed by atoms with Gasteiger partial charge in [-0.3, -0.25) is 15.0 Å². The van der Waals surface area contributed by atoms with Crippen LogP contribution in [0.4, 0.5) is 0 Å². The van der Waals surface area contributed by atoms with E-state index in [0.29, 0.717) is 24.9 Å². The zero-order valence-electron chi connectivity index (χ0n) is 17.3. The number of nitrogens with two attached hydrogens (primary N) is 2. The molecule has 8 nitrogen and oxygen atoms in total. The normalized spacial score (nSPS) is 12.5. The number of nitrogen functional groups attached to an aromatic ring is 1. The fourth-order valence-corrected chi connectivity index (χ4v) is 2.88. The highest BCUT2D eigenvalue weighted by atomic mass is 16.5. The summed E-state index contributed by atoms with van der Waals surface area (Å²) in [5.74, 6) is 0.0624. The number of amidine groups is 1. The number of benzene rings is 2. The van der Waals surface area contributed by atoms with E-state index in [0.717, 1.165) is 16.9 Å². The number of aryl methyl sites for hydroxylation is 1. The SMILES string of the molecule is COc1ccccc1CC[C@@H](N)C(=O)N[C@@H](C)C(=O)NCc1ccc(C(=N)N)cc1. The van der Waals surface area contributed by atoms with Crippen molar-refractivity contribution >= 4 is 17.6 Å². The van der Waals surface area contributed by atoms with Crippen molar-refractivity contribution in [3.63, 3.8) is 0 Å². The van der Waals surface area contributed by atoms with Crippen molar-refractivity contribution in [1.82, 2.24) is 10.6 Å². The van der Waals surface area contributed by atoms with Gasteiger partial charge in [-0.15, -0.1) is 0 Å². The molecular weight excluding hydrogens is 382 g/mol. The van der Waals surface area contributed by atoms with Crippen molar-refractivity contribution < 1.29 is 14.3 Å². The number of carbonyl (C=O) groups is 2. The minimum absolute atomic E-state index is 0.0102. The number of rotatable bonds is 10. The first-order chi connectivity index (χ1) is 14.3. The highest BCUT2D eigenvalue weighted by molar-refractivity contribution is 5.94. The molecule has 0 bridgehead atoms. The minimum atomic E-state index is -0.732. The summed E-state index contributed by atoms with van der Waals surface area (Å²) >= 11 is 0. The highest BCUT2D eigenvalue weighted by Gasteiger charge is 2.20. The van der Waals surface area contributed by atoms with Crippen molar-refractivity contribution in [2.75, 3.05) is 7.11 Å². The summed E-state index contributed by atoms with van der Waals surface area (Å²) in [6, 6.07) is 13.1. The highest BCUT2D eigenvalue weighted by Crippen LogP contribution is 2.19. The Labute approximate surface area is 176 Å². The van der Waals surface area contributed by atoms with Gasteiger partial charge in [0.1, 0.15) is 17.6 Å². The van der Waals surface area contributed by atoms with Gasteiger partial charge in [0.25, 0.3) is 0 Å². The zero-order chi connectivity index (χ0) is 22.1. The van der Waals surface area contributed by atoms with Gasteiger partial charge in [-0.25, -0.2) is 0 Å². The van der Waals surface area contributed by atoms with Crippen LogP contribution < -0.4 is 26.8 Å². The first-order valence-corrected chi connectivity index (χ1v) is 9.70. The Morgan fingerprint density at radius 1 is 1.10 bits per heavy atom. The van der Waals surface area contributed by atoms with Gasteiger partial charge in [-0.2, -0.15) is 0 Å². The van der Waals surface area contributed by atoms with E-state index in [9.17, 15) is 9.59 Å². The van der Waals surface area contributed by atoms with Crippen LogP contribution in [0.3, 0.4) is 0 Å². The van der Waals surface area contributed by atoms with Gasteiger partial charge < -0.3 is 26.8 Å². The summed E-state index contributed by atoms with van der Waals surface area (Å²) in [4.78, 5) is 24.6. The lowest BCUT2D eigenvalue weighted by Crippen LogP contribution is -2.50. The molecule has 0 aliphatic rings. The number of hydrogen-bond donors (Lipinski definition) is 5. The molecule has 0 aliphatic heterocycles. The van der Waals surface area contributed by atoms with E-state index in [-0.39, 0.29) is 17.6 Å². The summed E-state index contributed by atoms with van der Waals surface area (Å²) < 4.78 is 5.30. The van der Waals surface area contributed by atoms with Crippen LogP contribution in [0, 0.1) is 5.41 Å². The lowest BCUT2D eigenvalue weighted by atomic mass is 10.0. The number of ether oxygens (including phenoxy) is 1. The molecule has 0 radical (unpaired) electrons. The van der Waals surface area contributed by atoms with E-state index in [4.69, 9.17) is 21.6 Å². The van der Waals surface area contributed by atoms with Gasteiger partial charge in [-0.05, 0) is 37.0 Å². The molecule has 160 valence electrons. The molecular formula is C22H29N5O3. The van der Waals surface area contributed by atoms with Gasteiger partial charge in [0.15, 0.2) is 0 Å². The fourth-order valence-electron chi connectivity index (χ4n) is 2.88. The Kier molecular flexibility index (Phi) is 8.37. The van der Waals surface area contributed by atoms with Gasteiger partial charge in [0, 0.05) is 12.1 Å². The van der Waals surface area contributed by atoms with Crippen molar-refractivity contribution in [3.05, 3.63) is 65.2 Å². The molecule has 0 saturated heterocycles. The second-order valence-corrected chi connectivity index (χ2v) is 7.02. The molecule has 0 fully saturated rings. The minimum Gasteiger partial charge on any atom is -0.496 e. The van der Waals surface area contributed by atoms with Crippen LogP contribution >= 0.6 is 0 Å².